The van der Waals surface area contributed by atoms with E-state index in [0.29, 0.717) is 5.92 Å². The van der Waals surface area contributed by atoms with Gasteiger partial charge in [-0.25, -0.2) is 0 Å². The van der Waals surface area contributed by atoms with E-state index in [1.54, 1.807) is 6.92 Å². The van der Waals surface area contributed by atoms with Gasteiger partial charge in [0.2, 0.25) is 0 Å². The zero-order valence-corrected chi connectivity index (χ0v) is 6.97. The summed E-state index contributed by atoms with van der Waals surface area (Å²) in [6, 6.07) is 7.34. The Kier molecular flexibility index (Phi) is 2.88. The Balaban J connectivity index is 2.95. The van der Waals surface area contributed by atoms with E-state index in [1.165, 1.54) is 0 Å². The fourth-order valence-corrected chi connectivity index (χ4v) is 0.952. The van der Waals surface area contributed by atoms with Gasteiger partial charge < -0.3 is 0 Å². The summed E-state index contributed by atoms with van der Waals surface area (Å²) < 4.78 is 12.2. The summed E-state index contributed by atoms with van der Waals surface area (Å²) in [5.74, 6) is 3.23. The molecule has 1 rings (SSSR count). The molecule has 0 bridgehead atoms. The third-order valence-electron chi connectivity index (χ3n) is 1.72. The highest BCUT2D eigenvalue weighted by atomic mass is 19.1. The minimum atomic E-state index is -0.423. The summed E-state index contributed by atoms with van der Waals surface area (Å²) in [5, 5.41) is 0. The van der Waals surface area contributed by atoms with Crippen molar-refractivity contribution in [3.05, 3.63) is 41.3 Å². The van der Waals surface area contributed by atoms with Crippen molar-refractivity contribution in [3.63, 3.8) is 0 Å². The Morgan fingerprint density at radius 3 is 2.92 bits per heavy atom. The van der Waals surface area contributed by atoms with Crippen LogP contribution in [0.2, 0.25) is 0 Å². The van der Waals surface area contributed by atoms with Gasteiger partial charge in [0.15, 0.2) is 0 Å². The van der Waals surface area contributed by atoms with Gasteiger partial charge in [-0.15, -0.1) is 6.42 Å². The number of rotatable bonds is 2. The predicted octanol–water partition coefficient (Wildman–Crippen LogP) is 2.58. The minimum absolute atomic E-state index is 0.423. The van der Waals surface area contributed by atoms with Crippen molar-refractivity contribution in [2.75, 3.05) is 6.67 Å². The minimum Gasteiger partial charge on any atom is -0.250 e. The highest BCUT2D eigenvalue weighted by molar-refractivity contribution is 5.40. The lowest BCUT2D eigenvalue weighted by molar-refractivity contribution is 0.516. The highest BCUT2D eigenvalue weighted by Crippen LogP contribution is 2.15. The second-order valence-corrected chi connectivity index (χ2v) is 2.64. The van der Waals surface area contributed by atoms with E-state index in [4.69, 9.17) is 6.42 Å². The largest absolute Gasteiger partial charge is 0.250 e. The molecule has 0 aliphatic carbocycles. The molecule has 0 saturated carbocycles. The molecule has 1 heteroatoms. The highest BCUT2D eigenvalue weighted by Gasteiger charge is 2.04. The zero-order chi connectivity index (χ0) is 8.97. The molecular formula is C11H10F. The normalized spacial score (nSPS) is 9.83. The van der Waals surface area contributed by atoms with Crippen molar-refractivity contribution in [2.24, 2.45) is 0 Å². The van der Waals surface area contributed by atoms with Gasteiger partial charge in [0.25, 0.3) is 0 Å². The molecule has 0 aromatic heterocycles. The molecule has 0 spiro atoms. The lowest BCUT2D eigenvalue weighted by Gasteiger charge is -2.05. The SMILES string of the molecule is C#Cc1cccc([C](C)CF)c1. The van der Waals surface area contributed by atoms with Crippen LogP contribution in [-0.2, 0) is 0 Å². The molecule has 0 unspecified atom stereocenters. The number of hydrogen-bond donors (Lipinski definition) is 0. The van der Waals surface area contributed by atoms with Gasteiger partial charge in [0.05, 0.1) is 6.67 Å². The van der Waals surface area contributed by atoms with E-state index >= 15 is 0 Å². The molecule has 0 aliphatic rings. The third-order valence-corrected chi connectivity index (χ3v) is 1.72. The van der Waals surface area contributed by atoms with Gasteiger partial charge in [-0.3, -0.25) is 4.39 Å². The molecule has 0 aliphatic heterocycles. The van der Waals surface area contributed by atoms with Crippen LogP contribution in [0.1, 0.15) is 18.1 Å². The van der Waals surface area contributed by atoms with Crippen LogP contribution in [0.15, 0.2) is 24.3 Å². The summed E-state index contributed by atoms with van der Waals surface area (Å²) in [6.07, 6.45) is 5.21. The summed E-state index contributed by atoms with van der Waals surface area (Å²) in [6.45, 7) is 1.34. The van der Waals surface area contributed by atoms with Crippen molar-refractivity contribution in [2.45, 2.75) is 6.92 Å². The molecule has 1 aromatic rings. The van der Waals surface area contributed by atoms with Gasteiger partial charge in [-0.2, -0.15) is 0 Å². The van der Waals surface area contributed by atoms with Gasteiger partial charge in [-0.1, -0.05) is 25.0 Å². The van der Waals surface area contributed by atoms with Gasteiger partial charge >= 0.3 is 0 Å². The smallest absolute Gasteiger partial charge is 0.0997 e. The molecule has 61 valence electrons. The maximum absolute atomic E-state index is 12.2. The summed E-state index contributed by atoms with van der Waals surface area (Å²) in [7, 11) is 0. The molecule has 0 saturated heterocycles. The van der Waals surface area contributed by atoms with Crippen molar-refractivity contribution in [1.82, 2.24) is 0 Å². The lowest BCUT2D eigenvalue weighted by atomic mass is 10.0. The van der Waals surface area contributed by atoms with Crippen LogP contribution in [0.5, 0.6) is 0 Å². The number of halogens is 1. The van der Waals surface area contributed by atoms with E-state index in [-0.39, 0.29) is 0 Å². The quantitative estimate of drug-likeness (QED) is 0.585. The monoisotopic (exact) mass is 161 g/mol. The third kappa shape index (κ3) is 1.85. The van der Waals surface area contributed by atoms with Crippen molar-refractivity contribution >= 4 is 0 Å². The van der Waals surface area contributed by atoms with Crippen molar-refractivity contribution in [1.29, 1.82) is 0 Å². The Morgan fingerprint density at radius 2 is 2.33 bits per heavy atom. The Bertz CT molecular complexity index is 296. The average molecular weight is 161 g/mol. The maximum Gasteiger partial charge on any atom is 0.0997 e. The van der Waals surface area contributed by atoms with E-state index < -0.39 is 6.67 Å². The Hall–Kier alpha value is -1.29. The summed E-state index contributed by atoms with van der Waals surface area (Å²) in [5.41, 5.74) is 1.67. The number of terminal acetylenes is 1. The van der Waals surface area contributed by atoms with Crippen LogP contribution >= 0.6 is 0 Å². The molecule has 1 radical (unpaired) electrons. The van der Waals surface area contributed by atoms with Crippen LogP contribution in [0.25, 0.3) is 0 Å². The molecule has 0 heterocycles. The molecule has 0 fully saturated rings. The first-order chi connectivity index (χ1) is 5.77. The van der Waals surface area contributed by atoms with Crippen LogP contribution in [0.3, 0.4) is 0 Å². The fraction of sp³-hybridized carbons (Fsp3) is 0.182. The fourth-order valence-electron chi connectivity index (χ4n) is 0.952. The molecular weight excluding hydrogens is 151 g/mol. The van der Waals surface area contributed by atoms with E-state index in [0.717, 1.165) is 11.1 Å². The van der Waals surface area contributed by atoms with Gasteiger partial charge in [0.1, 0.15) is 0 Å². The molecule has 0 nitrogen and oxygen atoms in total. The predicted molar refractivity (Wildman–Crippen MR) is 48.4 cm³/mol. The van der Waals surface area contributed by atoms with Crippen molar-refractivity contribution in [3.8, 4) is 12.3 Å². The van der Waals surface area contributed by atoms with Crippen LogP contribution in [0, 0.1) is 18.3 Å². The molecule has 12 heavy (non-hydrogen) atoms. The standard InChI is InChI=1S/C11H10F/c1-3-10-5-4-6-11(7-10)9(2)8-12/h1,4-7H,8H2,2H3. The van der Waals surface area contributed by atoms with Gasteiger partial charge in [-0.05, 0) is 17.7 Å². The van der Waals surface area contributed by atoms with E-state index in [9.17, 15) is 4.39 Å². The Labute approximate surface area is 72.4 Å². The number of hydrogen-bond acceptors (Lipinski definition) is 0. The zero-order valence-electron chi connectivity index (χ0n) is 6.97. The summed E-state index contributed by atoms with van der Waals surface area (Å²) in [4.78, 5) is 0. The molecule has 0 N–H and O–H groups in total. The first kappa shape index (κ1) is 8.80. The molecule has 1 aromatic carbocycles. The number of alkyl halides is 1. The first-order valence-corrected chi connectivity index (χ1v) is 3.73. The van der Waals surface area contributed by atoms with Crippen LogP contribution in [-0.4, -0.2) is 6.67 Å². The second kappa shape index (κ2) is 3.92. The van der Waals surface area contributed by atoms with Crippen LogP contribution < -0.4 is 0 Å². The van der Waals surface area contributed by atoms with E-state index in [1.807, 2.05) is 24.3 Å². The van der Waals surface area contributed by atoms with E-state index in [2.05, 4.69) is 5.92 Å². The summed E-state index contributed by atoms with van der Waals surface area (Å²) >= 11 is 0. The van der Waals surface area contributed by atoms with Crippen molar-refractivity contribution < 1.29 is 4.39 Å². The van der Waals surface area contributed by atoms with Crippen LogP contribution in [0.4, 0.5) is 4.39 Å². The number of benzene rings is 1. The average Bonchev–Trinajstić information content (AvgIpc) is 2.17. The first-order valence-electron chi connectivity index (χ1n) is 3.73. The molecule has 0 atom stereocenters. The lowest BCUT2D eigenvalue weighted by Crippen LogP contribution is -1.96. The molecule has 0 amide bonds. The maximum atomic E-state index is 12.2. The Morgan fingerprint density at radius 1 is 1.58 bits per heavy atom. The second-order valence-electron chi connectivity index (χ2n) is 2.64. The topological polar surface area (TPSA) is 0 Å². The van der Waals surface area contributed by atoms with Gasteiger partial charge in [0, 0.05) is 11.5 Å².